The Kier molecular flexibility index (Phi) is 2.78. The van der Waals surface area contributed by atoms with Crippen LogP contribution in [0.3, 0.4) is 0 Å². The second-order valence-electron chi connectivity index (χ2n) is 3.70. The summed E-state index contributed by atoms with van der Waals surface area (Å²) in [7, 11) is 5.30. The molecule has 2 amide bonds. The Labute approximate surface area is 97.5 Å². The molecule has 2 aromatic rings. The highest BCUT2D eigenvalue weighted by molar-refractivity contribution is 7.16. The van der Waals surface area contributed by atoms with Crippen LogP contribution in [0.15, 0.2) is 29.3 Å². The molecule has 0 atom stereocenters. The van der Waals surface area contributed by atoms with E-state index < -0.39 is 0 Å². The van der Waals surface area contributed by atoms with E-state index in [1.807, 2.05) is 35.9 Å². The molecule has 0 spiro atoms. The minimum absolute atomic E-state index is 0.234. The number of amides is 2. The van der Waals surface area contributed by atoms with Crippen LogP contribution in [0.5, 0.6) is 0 Å². The lowest BCUT2D eigenvalue weighted by Gasteiger charge is -2.03. The first-order valence-electron chi connectivity index (χ1n) is 4.90. The lowest BCUT2D eigenvalue weighted by Crippen LogP contribution is -2.22. The van der Waals surface area contributed by atoms with Gasteiger partial charge in [0, 0.05) is 21.1 Å². The molecule has 4 nitrogen and oxygen atoms in total. The second-order valence-corrected chi connectivity index (χ2v) is 4.71. The molecular weight excluding hydrogens is 222 g/mol. The lowest BCUT2D eigenvalue weighted by molar-refractivity contribution is 0.226. The molecule has 1 aromatic heterocycles. The molecule has 0 unspecified atom stereocenters. The molecule has 0 aliphatic carbocycles. The minimum atomic E-state index is -0.234. The zero-order valence-electron chi connectivity index (χ0n) is 9.47. The Bertz CT molecular complexity index is 595. The number of benzene rings is 1. The first-order chi connectivity index (χ1) is 7.59. The van der Waals surface area contributed by atoms with Crippen molar-refractivity contribution in [3.63, 3.8) is 0 Å². The third kappa shape index (κ3) is 1.86. The maximum Gasteiger partial charge on any atom is 0.345 e. The average Bonchev–Trinajstić information content (AvgIpc) is 2.56. The van der Waals surface area contributed by atoms with Crippen molar-refractivity contribution in [3.05, 3.63) is 29.1 Å². The van der Waals surface area contributed by atoms with Gasteiger partial charge < -0.3 is 9.47 Å². The smallest absolute Gasteiger partial charge is 0.329 e. The fourth-order valence-electron chi connectivity index (χ4n) is 1.37. The number of fused-ring (bicyclic) bond motifs is 1. The third-order valence-corrected chi connectivity index (χ3v) is 3.40. The van der Waals surface area contributed by atoms with Gasteiger partial charge in [-0.25, -0.2) is 4.79 Å². The monoisotopic (exact) mass is 235 g/mol. The van der Waals surface area contributed by atoms with E-state index in [1.54, 1.807) is 14.1 Å². The SMILES string of the molecule is CN(C)C(=O)/N=c1/sc2ccccc2n1C. The molecule has 1 heterocycles. The summed E-state index contributed by atoms with van der Waals surface area (Å²) in [6.45, 7) is 0. The number of carbonyl (C=O) groups is 1. The van der Waals surface area contributed by atoms with Crippen molar-refractivity contribution in [2.45, 2.75) is 0 Å². The van der Waals surface area contributed by atoms with Crippen LogP contribution in [-0.2, 0) is 7.05 Å². The number of nitrogens with zero attached hydrogens (tertiary/aromatic N) is 3. The Morgan fingerprint density at radius 1 is 1.38 bits per heavy atom. The molecule has 0 saturated carbocycles. The zero-order chi connectivity index (χ0) is 11.7. The van der Waals surface area contributed by atoms with Gasteiger partial charge in [0.1, 0.15) is 0 Å². The van der Waals surface area contributed by atoms with Gasteiger partial charge in [-0.05, 0) is 12.1 Å². The maximum absolute atomic E-state index is 11.5. The highest BCUT2D eigenvalue weighted by Gasteiger charge is 2.04. The van der Waals surface area contributed by atoms with E-state index in [0.717, 1.165) is 15.0 Å². The zero-order valence-corrected chi connectivity index (χ0v) is 10.3. The number of aryl methyl sites for hydroxylation is 1. The normalized spacial score (nSPS) is 12.1. The quantitative estimate of drug-likeness (QED) is 0.686. The van der Waals surface area contributed by atoms with Gasteiger partial charge in [0.05, 0.1) is 10.2 Å². The van der Waals surface area contributed by atoms with E-state index in [-0.39, 0.29) is 6.03 Å². The minimum Gasteiger partial charge on any atom is -0.329 e. The average molecular weight is 235 g/mol. The molecule has 0 aliphatic heterocycles. The van der Waals surface area contributed by atoms with Crippen molar-refractivity contribution in [3.8, 4) is 0 Å². The summed E-state index contributed by atoms with van der Waals surface area (Å²) >= 11 is 1.52. The largest absolute Gasteiger partial charge is 0.345 e. The Hall–Kier alpha value is -1.62. The van der Waals surface area contributed by atoms with E-state index in [9.17, 15) is 4.79 Å². The van der Waals surface area contributed by atoms with Crippen LogP contribution in [0.2, 0.25) is 0 Å². The third-order valence-electron chi connectivity index (χ3n) is 2.29. The fraction of sp³-hybridized carbons (Fsp3) is 0.273. The van der Waals surface area contributed by atoms with Gasteiger partial charge in [0.2, 0.25) is 0 Å². The molecule has 1 aromatic carbocycles. The van der Waals surface area contributed by atoms with Gasteiger partial charge in [-0.3, -0.25) is 0 Å². The molecule has 0 bridgehead atoms. The van der Waals surface area contributed by atoms with Crippen LogP contribution in [-0.4, -0.2) is 29.6 Å². The second kappa shape index (κ2) is 4.09. The molecule has 5 heteroatoms. The first kappa shape index (κ1) is 10.9. The van der Waals surface area contributed by atoms with Gasteiger partial charge in [-0.15, -0.1) is 0 Å². The summed E-state index contributed by atoms with van der Waals surface area (Å²) in [5, 5.41) is 0. The molecule has 0 N–H and O–H groups in total. The maximum atomic E-state index is 11.5. The summed E-state index contributed by atoms with van der Waals surface area (Å²) in [6, 6.07) is 7.77. The van der Waals surface area contributed by atoms with E-state index >= 15 is 0 Å². The number of hydrogen-bond donors (Lipinski definition) is 0. The van der Waals surface area contributed by atoms with Gasteiger partial charge in [0.25, 0.3) is 0 Å². The lowest BCUT2D eigenvalue weighted by atomic mass is 10.3. The van der Waals surface area contributed by atoms with Crippen molar-refractivity contribution >= 4 is 27.6 Å². The van der Waals surface area contributed by atoms with E-state index in [2.05, 4.69) is 4.99 Å². The molecule has 16 heavy (non-hydrogen) atoms. The van der Waals surface area contributed by atoms with Crippen molar-refractivity contribution < 1.29 is 4.79 Å². The molecule has 0 radical (unpaired) electrons. The van der Waals surface area contributed by atoms with Gasteiger partial charge in [-0.1, -0.05) is 23.5 Å². The first-order valence-corrected chi connectivity index (χ1v) is 5.72. The van der Waals surface area contributed by atoms with Gasteiger partial charge in [-0.2, -0.15) is 4.99 Å². The van der Waals surface area contributed by atoms with Crippen molar-refractivity contribution in [2.75, 3.05) is 14.1 Å². The van der Waals surface area contributed by atoms with Crippen LogP contribution in [0.1, 0.15) is 0 Å². The van der Waals surface area contributed by atoms with Crippen LogP contribution in [0.25, 0.3) is 10.2 Å². The predicted molar refractivity (Wildman–Crippen MR) is 65.4 cm³/mol. The number of aromatic nitrogens is 1. The number of carbonyl (C=O) groups excluding carboxylic acids is 1. The molecule has 0 fully saturated rings. The van der Waals surface area contributed by atoms with Gasteiger partial charge >= 0.3 is 6.03 Å². The van der Waals surface area contributed by atoms with Crippen molar-refractivity contribution in [1.82, 2.24) is 9.47 Å². The Morgan fingerprint density at radius 2 is 2.06 bits per heavy atom. The standard InChI is InChI=1S/C11H13N3OS/c1-13(2)10(15)12-11-14(3)8-6-4-5-7-9(8)16-11/h4-7H,1-3H3/b12-11+. The van der Waals surface area contributed by atoms with Crippen LogP contribution in [0.4, 0.5) is 4.79 Å². The van der Waals surface area contributed by atoms with E-state index in [1.165, 1.54) is 16.2 Å². The van der Waals surface area contributed by atoms with Crippen molar-refractivity contribution in [1.29, 1.82) is 0 Å². The summed E-state index contributed by atoms with van der Waals surface area (Å²) in [5.74, 6) is 0. The highest BCUT2D eigenvalue weighted by atomic mass is 32.1. The fourth-order valence-corrected chi connectivity index (χ4v) is 2.38. The van der Waals surface area contributed by atoms with Crippen LogP contribution < -0.4 is 4.80 Å². The number of urea groups is 1. The van der Waals surface area contributed by atoms with E-state index in [4.69, 9.17) is 0 Å². The highest BCUT2D eigenvalue weighted by Crippen LogP contribution is 2.15. The topological polar surface area (TPSA) is 37.6 Å². The number of rotatable bonds is 0. The molecular formula is C11H13N3OS. The Morgan fingerprint density at radius 3 is 2.69 bits per heavy atom. The predicted octanol–water partition coefficient (Wildman–Crippen LogP) is 1.82. The van der Waals surface area contributed by atoms with E-state index in [0.29, 0.717) is 0 Å². The molecule has 0 saturated heterocycles. The van der Waals surface area contributed by atoms with Crippen LogP contribution in [0, 0.1) is 0 Å². The molecule has 0 aliphatic rings. The summed E-state index contributed by atoms with van der Waals surface area (Å²) < 4.78 is 3.07. The summed E-state index contributed by atoms with van der Waals surface area (Å²) in [6.07, 6.45) is 0. The number of thiazole rings is 1. The molecule has 2 rings (SSSR count). The number of hydrogen-bond acceptors (Lipinski definition) is 2. The summed E-state index contributed by atoms with van der Waals surface area (Å²) in [5.41, 5.74) is 1.10. The summed E-state index contributed by atoms with van der Waals surface area (Å²) in [4.78, 5) is 17.7. The Balaban J connectivity index is 2.62. The van der Waals surface area contributed by atoms with Crippen LogP contribution >= 0.6 is 11.3 Å². The van der Waals surface area contributed by atoms with Gasteiger partial charge in [0.15, 0.2) is 4.80 Å². The van der Waals surface area contributed by atoms with Crippen molar-refractivity contribution in [2.24, 2.45) is 12.0 Å². The molecule has 84 valence electrons. The number of para-hydroxylation sites is 1.